The molecule has 1 aromatic heterocycles. The second kappa shape index (κ2) is 12.3. The van der Waals surface area contributed by atoms with Gasteiger partial charge in [-0.05, 0) is 48.9 Å². The Morgan fingerprint density at radius 2 is 1.79 bits per heavy atom. The monoisotopic (exact) mass is 559 g/mol. The van der Waals surface area contributed by atoms with Crippen LogP contribution in [0.2, 0.25) is 0 Å². The van der Waals surface area contributed by atoms with Crippen LogP contribution in [0.25, 0.3) is 0 Å². The van der Waals surface area contributed by atoms with E-state index in [2.05, 4.69) is 51.6 Å². The van der Waals surface area contributed by atoms with E-state index in [0.29, 0.717) is 6.54 Å². The van der Waals surface area contributed by atoms with E-state index < -0.39 is 0 Å². The van der Waals surface area contributed by atoms with Crippen molar-refractivity contribution >= 4 is 47.2 Å². The van der Waals surface area contributed by atoms with Crippen molar-refractivity contribution in [2.75, 3.05) is 42.9 Å². The minimum atomic E-state index is -0.264. The van der Waals surface area contributed by atoms with Crippen molar-refractivity contribution in [3.63, 3.8) is 0 Å². The van der Waals surface area contributed by atoms with Crippen LogP contribution >= 0.6 is 24.0 Å². The van der Waals surface area contributed by atoms with Gasteiger partial charge in [-0.3, -0.25) is 4.79 Å². The Morgan fingerprint density at radius 1 is 1.00 bits per heavy atom. The second-order valence-corrected chi connectivity index (χ2v) is 7.61. The van der Waals surface area contributed by atoms with Gasteiger partial charge in [0.2, 0.25) is 0 Å². The number of halogens is 1. The van der Waals surface area contributed by atoms with E-state index in [4.69, 9.17) is 9.41 Å². The van der Waals surface area contributed by atoms with Crippen LogP contribution in [0.3, 0.4) is 0 Å². The van der Waals surface area contributed by atoms with E-state index >= 15 is 0 Å². The maximum absolute atomic E-state index is 12.2. The molecule has 0 bridgehead atoms. The number of rotatable bonds is 6. The van der Waals surface area contributed by atoms with Crippen LogP contribution in [0.15, 0.2) is 82.4 Å². The van der Waals surface area contributed by atoms with Gasteiger partial charge in [-0.25, -0.2) is 4.99 Å². The fourth-order valence-electron chi connectivity index (χ4n) is 3.76. The number of carbonyl (C=O) groups excluding carboxylic acids is 1. The van der Waals surface area contributed by atoms with E-state index in [0.717, 1.165) is 49.9 Å². The Bertz CT molecular complexity index is 1030. The van der Waals surface area contributed by atoms with Crippen LogP contribution in [-0.2, 0) is 6.54 Å². The molecule has 1 fully saturated rings. The summed E-state index contributed by atoms with van der Waals surface area (Å²) in [5, 5.41) is 6.29. The average molecular weight is 559 g/mol. The van der Waals surface area contributed by atoms with Crippen LogP contribution in [-0.4, -0.2) is 49.5 Å². The molecule has 174 valence electrons. The summed E-state index contributed by atoms with van der Waals surface area (Å²) in [6.45, 7) is 7.19. The van der Waals surface area contributed by atoms with Gasteiger partial charge >= 0.3 is 0 Å². The van der Waals surface area contributed by atoms with Crippen molar-refractivity contribution in [1.29, 1.82) is 0 Å². The molecule has 1 aliphatic rings. The molecule has 4 rings (SSSR count). The molecular weight excluding hydrogens is 529 g/mol. The number of guanidine groups is 1. The quantitative estimate of drug-likeness (QED) is 0.266. The zero-order chi connectivity index (χ0) is 22.2. The maximum Gasteiger partial charge on any atom is 0.291 e. The minimum Gasteiger partial charge on any atom is -0.459 e. The van der Waals surface area contributed by atoms with Crippen LogP contribution in [0.4, 0.5) is 11.4 Å². The molecule has 0 saturated carbocycles. The average Bonchev–Trinajstić information content (AvgIpc) is 3.38. The van der Waals surface area contributed by atoms with Crippen LogP contribution in [0, 0.1) is 0 Å². The van der Waals surface area contributed by atoms with E-state index in [1.165, 1.54) is 12.0 Å². The largest absolute Gasteiger partial charge is 0.459 e. The molecular formula is C25H30IN5O2. The molecule has 33 heavy (non-hydrogen) atoms. The number of benzene rings is 2. The number of anilines is 2. The van der Waals surface area contributed by atoms with Crippen molar-refractivity contribution in [3.05, 3.63) is 84.3 Å². The third-order valence-electron chi connectivity index (χ3n) is 5.38. The molecule has 8 heteroatoms. The molecule has 2 heterocycles. The van der Waals surface area contributed by atoms with E-state index in [9.17, 15) is 4.79 Å². The van der Waals surface area contributed by atoms with Crippen molar-refractivity contribution in [3.8, 4) is 0 Å². The van der Waals surface area contributed by atoms with Gasteiger partial charge in [0.1, 0.15) is 0 Å². The molecule has 2 aromatic carbocycles. The molecule has 1 saturated heterocycles. The van der Waals surface area contributed by atoms with Gasteiger partial charge in [-0.15, -0.1) is 24.0 Å². The predicted molar refractivity (Wildman–Crippen MR) is 144 cm³/mol. The maximum atomic E-state index is 12.2. The van der Waals surface area contributed by atoms with Gasteiger partial charge in [0.15, 0.2) is 11.7 Å². The third kappa shape index (κ3) is 6.74. The first-order valence-electron chi connectivity index (χ1n) is 11.0. The smallest absolute Gasteiger partial charge is 0.291 e. The summed E-state index contributed by atoms with van der Waals surface area (Å²) in [6.07, 6.45) is 1.49. The molecule has 0 aliphatic carbocycles. The number of nitrogens with one attached hydrogen (secondary N) is 2. The number of amides is 1. The molecule has 3 aromatic rings. The van der Waals surface area contributed by atoms with E-state index in [1.54, 1.807) is 12.1 Å². The summed E-state index contributed by atoms with van der Waals surface area (Å²) in [6, 6.07) is 21.6. The van der Waals surface area contributed by atoms with Crippen molar-refractivity contribution in [2.45, 2.75) is 13.5 Å². The fourth-order valence-corrected chi connectivity index (χ4v) is 3.76. The molecule has 2 N–H and O–H groups in total. The van der Waals surface area contributed by atoms with Crippen molar-refractivity contribution in [2.24, 2.45) is 4.99 Å². The number of para-hydroxylation sites is 1. The van der Waals surface area contributed by atoms with E-state index in [1.807, 2.05) is 30.3 Å². The number of piperazine rings is 1. The number of nitrogens with zero attached hydrogens (tertiary/aromatic N) is 3. The van der Waals surface area contributed by atoms with Gasteiger partial charge in [-0.1, -0.05) is 30.3 Å². The van der Waals surface area contributed by atoms with E-state index in [-0.39, 0.29) is 35.6 Å². The Kier molecular flexibility index (Phi) is 9.17. The highest BCUT2D eigenvalue weighted by Gasteiger charge is 2.19. The Hall–Kier alpha value is -3.01. The third-order valence-corrected chi connectivity index (χ3v) is 5.38. The zero-order valence-electron chi connectivity index (χ0n) is 18.7. The van der Waals surface area contributed by atoms with Gasteiger partial charge in [-0.2, -0.15) is 0 Å². The summed E-state index contributed by atoms with van der Waals surface area (Å²) in [5.74, 6) is 0.947. The summed E-state index contributed by atoms with van der Waals surface area (Å²) in [4.78, 5) is 21.8. The molecule has 0 radical (unpaired) electrons. The Balaban J connectivity index is 0.00000306. The SMILES string of the molecule is CCNC(=NCc1cccc(NC(=O)c2ccco2)c1)N1CCN(c2ccccc2)CC1.I. The number of aliphatic imine (C=N–C) groups is 1. The number of furan rings is 1. The Labute approximate surface area is 211 Å². The molecule has 0 atom stereocenters. The minimum absolute atomic E-state index is 0. The van der Waals surface area contributed by atoms with Crippen LogP contribution in [0.1, 0.15) is 23.0 Å². The van der Waals surface area contributed by atoms with Crippen LogP contribution in [0.5, 0.6) is 0 Å². The first-order valence-corrected chi connectivity index (χ1v) is 11.0. The number of hydrogen-bond donors (Lipinski definition) is 2. The zero-order valence-corrected chi connectivity index (χ0v) is 21.1. The van der Waals surface area contributed by atoms with Gasteiger partial charge in [0.05, 0.1) is 12.8 Å². The molecule has 1 aliphatic heterocycles. The van der Waals surface area contributed by atoms with Gasteiger partial charge in [0, 0.05) is 44.1 Å². The van der Waals surface area contributed by atoms with Crippen LogP contribution < -0.4 is 15.5 Å². The lowest BCUT2D eigenvalue weighted by atomic mass is 10.2. The molecule has 0 unspecified atom stereocenters. The lowest BCUT2D eigenvalue weighted by Gasteiger charge is -2.37. The highest BCUT2D eigenvalue weighted by molar-refractivity contribution is 14.0. The normalized spacial score (nSPS) is 13.9. The summed E-state index contributed by atoms with van der Waals surface area (Å²) >= 11 is 0. The first kappa shape index (κ1) is 24.6. The lowest BCUT2D eigenvalue weighted by molar-refractivity contribution is 0.0996. The molecule has 1 amide bonds. The Morgan fingerprint density at radius 3 is 2.48 bits per heavy atom. The highest BCUT2D eigenvalue weighted by atomic mass is 127. The summed E-state index contributed by atoms with van der Waals surface area (Å²) in [7, 11) is 0. The fraction of sp³-hybridized carbons (Fsp3) is 0.280. The standard InChI is InChI=1S/C25H29N5O2.HI/c1-2-26-25(30-15-13-29(14-16-30)22-10-4-3-5-11-22)27-19-20-8-6-9-21(18-20)28-24(31)23-12-7-17-32-23;/h3-12,17-18H,2,13-16,19H2,1H3,(H,26,27)(H,28,31);1H. The van der Waals surface area contributed by atoms with Gasteiger partial charge in [0.25, 0.3) is 5.91 Å². The second-order valence-electron chi connectivity index (χ2n) is 7.61. The lowest BCUT2D eigenvalue weighted by Crippen LogP contribution is -2.52. The number of hydrogen-bond acceptors (Lipinski definition) is 4. The summed E-state index contributed by atoms with van der Waals surface area (Å²) in [5.41, 5.74) is 3.02. The summed E-state index contributed by atoms with van der Waals surface area (Å²) < 4.78 is 5.16. The number of carbonyl (C=O) groups is 1. The topological polar surface area (TPSA) is 73.1 Å². The molecule has 0 spiro atoms. The van der Waals surface area contributed by atoms with Crippen molar-refractivity contribution < 1.29 is 9.21 Å². The first-order chi connectivity index (χ1) is 15.7. The highest BCUT2D eigenvalue weighted by Crippen LogP contribution is 2.17. The van der Waals surface area contributed by atoms with Crippen molar-refractivity contribution in [1.82, 2.24) is 10.2 Å². The predicted octanol–water partition coefficient (Wildman–Crippen LogP) is 4.44. The molecule has 7 nitrogen and oxygen atoms in total. The van der Waals surface area contributed by atoms with Gasteiger partial charge < -0.3 is 24.9 Å².